The van der Waals surface area contributed by atoms with Crippen molar-refractivity contribution in [3.8, 4) is 0 Å². The Balaban J connectivity index is 2.25. The van der Waals surface area contributed by atoms with E-state index in [4.69, 9.17) is 9.84 Å². The minimum Gasteiger partial charge on any atom is -0.481 e. The molecule has 1 saturated carbocycles. The number of hydrogen-bond acceptors (Lipinski definition) is 3. The van der Waals surface area contributed by atoms with Crippen molar-refractivity contribution < 1.29 is 19.4 Å². The number of carbonyl (C=O) groups excluding carboxylic acids is 1. The van der Waals surface area contributed by atoms with Gasteiger partial charge in [0, 0.05) is 13.3 Å². The number of carbonyl (C=O) groups is 2. The molecule has 0 heterocycles. The van der Waals surface area contributed by atoms with E-state index in [0.717, 1.165) is 19.3 Å². The Hall–Kier alpha value is -1.32. The topological polar surface area (TPSA) is 63.6 Å². The van der Waals surface area contributed by atoms with Crippen molar-refractivity contribution >= 4 is 11.9 Å². The first-order valence-electron chi connectivity index (χ1n) is 10.1. The Morgan fingerprint density at radius 3 is 2.62 bits per heavy atom. The highest BCUT2D eigenvalue weighted by Gasteiger charge is 2.54. The monoisotopic (exact) mass is 364 g/mol. The van der Waals surface area contributed by atoms with Crippen molar-refractivity contribution in [2.45, 2.75) is 86.2 Å². The summed E-state index contributed by atoms with van der Waals surface area (Å²) in [5, 5.41) is 9.06. The second-order valence-corrected chi connectivity index (χ2v) is 9.39. The molecule has 0 aromatic rings. The van der Waals surface area contributed by atoms with Crippen molar-refractivity contribution in [3.63, 3.8) is 0 Å². The van der Waals surface area contributed by atoms with Gasteiger partial charge in [-0.3, -0.25) is 9.59 Å². The van der Waals surface area contributed by atoms with Gasteiger partial charge in [-0.15, -0.1) is 0 Å². The standard InChI is InChI=1S/C22H36O4/c1-14(11-20(24)25)7-9-21(5)15(2)8-10-22(6)16(3)12-18(13-19(21)22)26-17(4)23/h12,14-15,18-19H,7-11,13H2,1-6H3,(H,24,25). The molecule has 0 radical (unpaired) electrons. The van der Waals surface area contributed by atoms with Crippen LogP contribution in [0.15, 0.2) is 11.6 Å². The lowest BCUT2D eigenvalue weighted by Gasteiger charge is -2.59. The van der Waals surface area contributed by atoms with Crippen molar-refractivity contribution in [2.75, 3.05) is 0 Å². The molecule has 148 valence electrons. The van der Waals surface area contributed by atoms with Crippen LogP contribution in [0.25, 0.3) is 0 Å². The normalized spacial score (nSPS) is 38.1. The molecule has 6 atom stereocenters. The fourth-order valence-electron chi connectivity index (χ4n) is 5.54. The first-order chi connectivity index (χ1) is 12.0. The van der Waals surface area contributed by atoms with Crippen LogP contribution >= 0.6 is 0 Å². The summed E-state index contributed by atoms with van der Waals surface area (Å²) in [7, 11) is 0. The maximum absolute atomic E-state index is 11.5. The molecule has 2 aliphatic carbocycles. The third-order valence-electron chi connectivity index (χ3n) is 7.61. The van der Waals surface area contributed by atoms with Crippen LogP contribution in [0.2, 0.25) is 0 Å². The fraction of sp³-hybridized carbons (Fsp3) is 0.818. The predicted molar refractivity (Wildman–Crippen MR) is 103 cm³/mol. The molecule has 4 nitrogen and oxygen atoms in total. The molecule has 6 unspecified atom stereocenters. The zero-order chi connectivity index (χ0) is 19.7. The zero-order valence-corrected chi connectivity index (χ0v) is 17.3. The largest absolute Gasteiger partial charge is 0.481 e. The second-order valence-electron chi connectivity index (χ2n) is 9.39. The van der Waals surface area contributed by atoms with Gasteiger partial charge in [-0.1, -0.05) is 33.3 Å². The van der Waals surface area contributed by atoms with Crippen LogP contribution in [-0.4, -0.2) is 23.1 Å². The van der Waals surface area contributed by atoms with E-state index in [9.17, 15) is 9.59 Å². The molecule has 0 aromatic heterocycles. The van der Waals surface area contributed by atoms with Crippen LogP contribution in [0.4, 0.5) is 0 Å². The molecule has 2 aliphatic rings. The molecule has 2 rings (SSSR count). The minimum absolute atomic E-state index is 0.133. The Morgan fingerprint density at radius 1 is 1.38 bits per heavy atom. The quantitative estimate of drug-likeness (QED) is 0.518. The van der Waals surface area contributed by atoms with Crippen molar-refractivity contribution in [1.29, 1.82) is 0 Å². The maximum atomic E-state index is 11.5. The highest BCUT2D eigenvalue weighted by molar-refractivity contribution is 5.67. The number of rotatable bonds is 6. The van der Waals surface area contributed by atoms with Gasteiger partial charge in [-0.25, -0.2) is 0 Å². The van der Waals surface area contributed by atoms with E-state index >= 15 is 0 Å². The predicted octanol–water partition coefficient (Wildman–Crippen LogP) is 5.22. The minimum atomic E-state index is -0.712. The van der Waals surface area contributed by atoms with Crippen LogP contribution in [-0.2, 0) is 14.3 Å². The van der Waals surface area contributed by atoms with Gasteiger partial charge >= 0.3 is 11.9 Å². The summed E-state index contributed by atoms with van der Waals surface area (Å²) in [6.07, 6.45) is 7.47. The number of fused-ring (bicyclic) bond motifs is 1. The average Bonchev–Trinajstić information content (AvgIpc) is 2.51. The highest BCUT2D eigenvalue weighted by atomic mass is 16.5. The number of aliphatic carboxylic acids is 1. The van der Waals surface area contributed by atoms with Crippen molar-refractivity contribution in [3.05, 3.63) is 11.6 Å². The lowest BCUT2D eigenvalue weighted by Crippen LogP contribution is -2.52. The van der Waals surface area contributed by atoms with Crippen LogP contribution in [0.1, 0.15) is 80.1 Å². The van der Waals surface area contributed by atoms with E-state index in [-0.39, 0.29) is 35.2 Å². The number of allylic oxidation sites excluding steroid dienone is 1. The first kappa shape index (κ1) is 21.0. The maximum Gasteiger partial charge on any atom is 0.303 e. The summed E-state index contributed by atoms with van der Waals surface area (Å²) in [6.45, 7) is 12.8. The molecule has 0 bridgehead atoms. The smallest absolute Gasteiger partial charge is 0.303 e. The lowest BCUT2D eigenvalue weighted by atomic mass is 9.46. The zero-order valence-electron chi connectivity index (χ0n) is 17.3. The summed E-state index contributed by atoms with van der Waals surface area (Å²) < 4.78 is 5.57. The van der Waals surface area contributed by atoms with Crippen molar-refractivity contribution in [1.82, 2.24) is 0 Å². The van der Waals surface area contributed by atoms with Crippen molar-refractivity contribution in [2.24, 2.45) is 28.6 Å². The lowest BCUT2D eigenvalue weighted by molar-refractivity contribution is -0.148. The van der Waals surface area contributed by atoms with E-state index < -0.39 is 5.97 Å². The molecule has 1 fully saturated rings. The number of esters is 1. The Kier molecular flexibility index (Phi) is 6.24. The third-order valence-corrected chi connectivity index (χ3v) is 7.61. The van der Waals surface area contributed by atoms with Gasteiger partial charge in [-0.2, -0.15) is 0 Å². The SMILES string of the molecule is CC(=O)OC1C=C(C)C2(C)CCC(C)C(C)(CCC(C)CC(=O)O)C2C1. The molecular weight excluding hydrogens is 328 g/mol. The third kappa shape index (κ3) is 4.15. The number of ether oxygens (including phenoxy) is 1. The highest BCUT2D eigenvalue weighted by Crippen LogP contribution is 2.62. The van der Waals surface area contributed by atoms with Crippen LogP contribution in [0, 0.1) is 28.6 Å². The van der Waals surface area contributed by atoms with E-state index in [0.29, 0.717) is 11.8 Å². The Labute approximate surface area is 158 Å². The summed E-state index contributed by atoms with van der Waals surface area (Å²) in [6, 6.07) is 0. The van der Waals surface area contributed by atoms with Gasteiger partial charge in [0.25, 0.3) is 0 Å². The number of hydrogen-bond donors (Lipinski definition) is 1. The molecule has 1 N–H and O–H groups in total. The van der Waals surface area contributed by atoms with E-state index in [1.54, 1.807) is 0 Å². The number of carboxylic acids is 1. The molecule has 4 heteroatoms. The van der Waals surface area contributed by atoms with E-state index in [2.05, 4.69) is 33.8 Å². The van der Waals surface area contributed by atoms with Gasteiger partial charge in [0.2, 0.25) is 0 Å². The van der Waals surface area contributed by atoms with Crippen LogP contribution in [0.3, 0.4) is 0 Å². The molecule has 0 spiro atoms. The van der Waals surface area contributed by atoms with Gasteiger partial charge in [0.05, 0.1) is 0 Å². The first-order valence-corrected chi connectivity index (χ1v) is 10.1. The summed E-state index contributed by atoms with van der Waals surface area (Å²) >= 11 is 0. The van der Waals surface area contributed by atoms with E-state index in [1.165, 1.54) is 25.3 Å². The average molecular weight is 365 g/mol. The molecule has 26 heavy (non-hydrogen) atoms. The summed E-state index contributed by atoms with van der Waals surface area (Å²) in [5.74, 6) is 0.291. The summed E-state index contributed by atoms with van der Waals surface area (Å²) in [4.78, 5) is 22.5. The molecule has 0 saturated heterocycles. The molecular formula is C22H36O4. The fourth-order valence-corrected chi connectivity index (χ4v) is 5.54. The van der Waals surface area contributed by atoms with Crippen LogP contribution < -0.4 is 0 Å². The molecule has 0 amide bonds. The Bertz CT molecular complexity index is 581. The van der Waals surface area contributed by atoms with Crippen LogP contribution in [0.5, 0.6) is 0 Å². The Morgan fingerprint density at radius 2 is 2.04 bits per heavy atom. The number of carboxylic acid groups (broad SMARTS) is 1. The molecule has 0 aromatic carbocycles. The second kappa shape index (κ2) is 7.74. The summed E-state index contributed by atoms with van der Waals surface area (Å²) in [5.41, 5.74) is 1.62. The molecule has 0 aliphatic heterocycles. The van der Waals surface area contributed by atoms with Gasteiger partial charge in [-0.05, 0) is 73.7 Å². The van der Waals surface area contributed by atoms with Gasteiger partial charge in [0.15, 0.2) is 0 Å². The van der Waals surface area contributed by atoms with E-state index in [1.807, 2.05) is 6.92 Å². The van der Waals surface area contributed by atoms with Gasteiger partial charge < -0.3 is 9.84 Å². The van der Waals surface area contributed by atoms with Gasteiger partial charge in [0.1, 0.15) is 6.10 Å².